The van der Waals surface area contributed by atoms with E-state index in [1.54, 1.807) is 11.3 Å². The lowest BCUT2D eigenvalue weighted by Crippen LogP contribution is -2.33. The molecule has 128 valence electrons. The number of aromatic nitrogens is 1. The largest absolute Gasteiger partial charge is 0.351 e. The second-order valence-electron chi connectivity index (χ2n) is 5.50. The summed E-state index contributed by atoms with van der Waals surface area (Å²) in [6.45, 7) is 6.79. The minimum atomic E-state index is -0.103. The lowest BCUT2D eigenvalue weighted by molar-refractivity contribution is -0.120. The Labute approximate surface area is 145 Å². The minimum absolute atomic E-state index is 0.0557. The molecular formula is C17H22N4O2S. The average molecular weight is 346 g/mol. The molecule has 2 rings (SSSR count). The smallest absolute Gasteiger partial charge is 0.234 e. The fraction of sp³-hybridized carbons (Fsp3) is 0.353. The molecule has 0 aliphatic rings. The van der Waals surface area contributed by atoms with Gasteiger partial charge in [0.15, 0.2) is 0 Å². The Hall–Kier alpha value is -2.25. The highest BCUT2D eigenvalue weighted by molar-refractivity contribution is 7.11. The standard InChI is InChI=1S/C17H22N4O2S/c1-11-16(24-13(3)20-11)9-18-10-17(23)19-8-14-4-6-15(7-5-14)21-12(2)22/h4-7,18H,8-10H2,1-3H3,(H,19,23)(H,21,22). The Morgan fingerprint density at radius 3 is 2.42 bits per heavy atom. The number of rotatable bonds is 7. The summed E-state index contributed by atoms with van der Waals surface area (Å²) in [5, 5.41) is 9.74. The Kier molecular flexibility index (Phi) is 6.45. The van der Waals surface area contributed by atoms with Crippen LogP contribution in [0.3, 0.4) is 0 Å². The van der Waals surface area contributed by atoms with E-state index in [0.29, 0.717) is 13.1 Å². The van der Waals surface area contributed by atoms with Crippen molar-refractivity contribution in [3.05, 3.63) is 45.4 Å². The van der Waals surface area contributed by atoms with Crippen LogP contribution < -0.4 is 16.0 Å². The van der Waals surface area contributed by atoms with Gasteiger partial charge in [-0.15, -0.1) is 11.3 Å². The molecule has 0 unspecified atom stereocenters. The summed E-state index contributed by atoms with van der Waals surface area (Å²) in [5.74, 6) is -0.159. The summed E-state index contributed by atoms with van der Waals surface area (Å²) in [6.07, 6.45) is 0. The Morgan fingerprint density at radius 2 is 1.83 bits per heavy atom. The number of hydrogen-bond donors (Lipinski definition) is 3. The number of benzene rings is 1. The fourth-order valence-corrected chi connectivity index (χ4v) is 3.11. The van der Waals surface area contributed by atoms with Crippen LogP contribution in [0.25, 0.3) is 0 Å². The molecule has 2 amide bonds. The van der Waals surface area contributed by atoms with Gasteiger partial charge in [0.1, 0.15) is 0 Å². The van der Waals surface area contributed by atoms with Crippen molar-refractivity contribution in [1.29, 1.82) is 0 Å². The van der Waals surface area contributed by atoms with Crippen LogP contribution in [0.4, 0.5) is 5.69 Å². The van der Waals surface area contributed by atoms with E-state index in [1.807, 2.05) is 38.1 Å². The van der Waals surface area contributed by atoms with Gasteiger partial charge >= 0.3 is 0 Å². The van der Waals surface area contributed by atoms with Gasteiger partial charge in [-0.2, -0.15) is 0 Å². The summed E-state index contributed by atoms with van der Waals surface area (Å²) in [4.78, 5) is 28.3. The first-order valence-corrected chi connectivity index (χ1v) is 8.52. The van der Waals surface area contributed by atoms with Crippen LogP contribution in [0.2, 0.25) is 0 Å². The van der Waals surface area contributed by atoms with E-state index in [9.17, 15) is 9.59 Å². The van der Waals surface area contributed by atoms with Crippen molar-refractivity contribution < 1.29 is 9.59 Å². The number of aryl methyl sites for hydroxylation is 2. The third kappa shape index (κ3) is 5.75. The van der Waals surface area contributed by atoms with Gasteiger partial charge in [-0.05, 0) is 31.5 Å². The van der Waals surface area contributed by atoms with E-state index in [0.717, 1.165) is 26.8 Å². The minimum Gasteiger partial charge on any atom is -0.351 e. The maximum atomic E-state index is 11.9. The first-order valence-electron chi connectivity index (χ1n) is 7.71. The molecule has 7 heteroatoms. The third-order valence-electron chi connectivity index (χ3n) is 3.33. The molecule has 1 heterocycles. The molecule has 0 fully saturated rings. The second-order valence-corrected chi connectivity index (χ2v) is 6.79. The molecule has 0 saturated heterocycles. The highest BCUT2D eigenvalue weighted by Gasteiger charge is 2.06. The van der Waals surface area contributed by atoms with Gasteiger partial charge < -0.3 is 16.0 Å². The van der Waals surface area contributed by atoms with Gasteiger partial charge in [0.2, 0.25) is 11.8 Å². The molecule has 6 nitrogen and oxygen atoms in total. The molecule has 2 aromatic rings. The first-order chi connectivity index (χ1) is 11.4. The average Bonchev–Trinajstić information content (AvgIpc) is 2.84. The molecule has 0 radical (unpaired) electrons. The van der Waals surface area contributed by atoms with Gasteiger partial charge in [0.25, 0.3) is 0 Å². The van der Waals surface area contributed by atoms with E-state index in [2.05, 4.69) is 20.9 Å². The predicted molar refractivity (Wildman–Crippen MR) is 95.9 cm³/mol. The van der Waals surface area contributed by atoms with Gasteiger partial charge in [-0.25, -0.2) is 4.98 Å². The predicted octanol–water partition coefficient (Wildman–Crippen LogP) is 2.12. The Balaban J connectivity index is 1.71. The highest BCUT2D eigenvalue weighted by Crippen LogP contribution is 2.16. The number of carbonyl (C=O) groups excluding carboxylic acids is 2. The molecule has 24 heavy (non-hydrogen) atoms. The molecule has 0 aliphatic heterocycles. The van der Waals surface area contributed by atoms with E-state index in [1.165, 1.54) is 6.92 Å². The SMILES string of the molecule is CC(=O)Nc1ccc(CNC(=O)CNCc2sc(C)nc2C)cc1. The molecule has 3 N–H and O–H groups in total. The van der Waals surface area contributed by atoms with Crippen molar-refractivity contribution in [2.45, 2.75) is 33.9 Å². The van der Waals surface area contributed by atoms with Crippen LogP contribution in [0.5, 0.6) is 0 Å². The lowest BCUT2D eigenvalue weighted by Gasteiger charge is -2.08. The second kappa shape index (κ2) is 8.56. The number of amides is 2. The molecule has 0 atom stereocenters. The Morgan fingerprint density at radius 1 is 1.12 bits per heavy atom. The Bertz CT molecular complexity index is 710. The zero-order chi connectivity index (χ0) is 17.5. The van der Waals surface area contributed by atoms with E-state index in [-0.39, 0.29) is 18.4 Å². The molecule has 0 saturated carbocycles. The van der Waals surface area contributed by atoms with Crippen LogP contribution in [0.15, 0.2) is 24.3 Å². The number of nitrogens with zero attached hydrogens (tertiary/aromatic N) is 1. The summed E-state index contributed by atoms with van der Waals surface area (Å²) in [6, 6.07) is 7.39. The van der Waals surface area contributed by atoms with E-state index < -0.39 is 0 Å². The lowest BCUT2D eigenvalue weighted by atomic mass is 10.2. The van der Waals surface area contributed by atoms with Gasteiger partial charge in [0.05, 0.1) is 17.2 Å². The molecule has 1 aromatic heterocycles. The molecule has 1 aromatic carbocycles. The number of nitrogens with one attached hydrogen (secondary N) is 3. The monoisotopic (exact) mass is 346 g/mol. The van der Waals surface area contributed by atoms with Crippen molar-refractivity contribution in [2.24, 2.45) is 0 Å². The molecule has 0 aliphatic carbocycles. The quantitative estimate of drug-likeness (QED) is 0.717. The molecule has 0 bridgehead atoms. The van der Waals surface area contributed by atoms with Gasteiger partial charge in [-0.1, -0.05) is 12.1 Å². The summed E-state index contributed by atoms with van der Waals surface area (Å²) < 4.78 is 0. The van der Waals surface area contributed by atoms with Gasteiger partial charge in [-0.3, -0.25) is 9.59 Å². The maximum absolute atomic E-state index is 11.9. The van der Waals surface area contributed by atoms with E-state index >= 15 is 0 Å². The summed E-state index contributed by atoms with van der Waals surface area (Å²) in [5.41, 5.74) is 2.74. The number of hydrogen-bond acceptors (Lipinski definition) is 5. The maximum Gasteiger partial charge on any atom is 0.234 e. The van der Waals surface area contributed by atoms with Crippen molar-refractivity contribution >= 4 is 28.8 Å². The third-order valence-corrected chi connectivity index (χ3v) is 4.41. The zero-order valence-corrected chi connectivity index (χ0v) is 14.9. The first kappa shape index (κ1) is 18.1. The summed E-state index contributed by atoms with van der Waals surface area (Å²) >= 11 is 1.65. The fourth-order valence-electron chi connectivity index (χ4n) is 2.20. The normalized spacial score (nSPS) is 10.5. The summed E-state index contributed by atoms with van der Waals surface area (Å²) in [7, 11) is 0. The van der Waals surface area contributed by atoms with Crippen LogP contribution >= 0.6 is 11.3 Å². The van der Waals surface area contributed by atoms with E-state index in [4.69, 9.17) is 0 Å². The molecular weight excluding hydrogens is 324 g/mol. The topological polar surface area (TPSA) is 83.1 Å². The van der Waals surface area contributed by atoms with Crippen molar-refractivity contribution in [3.63, 3.8) is 0 Å². The van der Waals surface area contributed by atoms with Crippen molar-refractivity contribution in [3.8, 4) is 0 Å². The molecule has 0 spiro atoms. The number of thiazole rings is 1. The van der Waals surface area contributed by atoms with Crippen LogP contribution in [0.1, 0.15) is 28.1 Å². The highest BCUT2D eigenvalue weighted by atomic mass is 32.1. The zero-order valence-electron chi connectivity index (χ0n) is 14.1. The number of carbonyl (C=O) groups is 2. The van der Waals surface area contributed by atoms with Gasteiger partial charge in [0, 0.05) is 30.6 Å². The van der Waals surface area contributed by atoms with Crippen molar-refractivity contribution in [1.82, 2.24) is 15.6 Å². The van der Waals surface area contributed by atoms with Crippen molar-refractivity contribution in [2.75, 3.05) is 11.9 Å². The number of anilines is 1. The van der Waals surface area contributed by atoms with Crippen LogP contribution in [-0.2, 0) is 22.7 Å². The van der Waals surface area contributed by atoms with Crippen LogP contribution in [0, 0.1) is 13.8 Å². The van der Waals surface area contributed by atoms with Crippen LogP contribution in [-0.4, -0.2) is 23.3 Å².